The van der Waals surface area contributed by atoms with Gasteiger partial charge < -0.3 is 9.88 Å². The van der Waals surface area contributed by atoms with Crippen molar-refractivity contribution in [1.82, 2.24) is 14.9 Å². The first-order chi connectivity index (χ1) is 8.76. The molecule has 1 unspecified atom stereocenters. The number of imidazole rings is 1. The normalized spacial score (nSPS) is 12.8. The minimum Gasteiger partial charge on any atom is -0.333 e. The Labute approximate surface area is 120 Å². The molecule has 0 bridgehead atoms. The summed E-state index contributed by atoms with van der Waals surface area (Å²) in [6.45, 7) is 6.26. The molecule has 18 heavy (non-hydrogen) atoms. The van der Waals surface area contributed by atoms with Crippen LogP contribution in [0.2, 0.25) is 0 Å². The van der Waals surface area contributed by atoms with Crippen LogP contribution in [0.1, 0.15) is 37.7 Å². The molecule has 0 aromatic carbocycles. The van der Waals surface area contributed by atoms with E-state index in [1.807, 2.05) is 6.20 Å². The number of halogens is 1. The molecule has 0 aliphatic carbocycles. The Morgan fingerprint density at radius 2 is 2.33 bits per heavy atom. The number of hydrogen-bond acceptors (Lipinski definition) is 3. The summed E-state index contributed by atoms with van der Waals surface area (Å²) >= 11 is 5.24. The van der Waals surface area contributed by atoms with Crippen molar-refractivity contribution in [2.24, 2.45) is 0 Å². The molecule has 3 nitrogen and oxygen atoms in total. The number of hydrogen-bond donors (Lipinski definition) is 1. The molecular weight excluding hydrogens is 310 g/mol. The van der Waals surface area contributed by atoms with Crippen LogP contribution in [0.15, 0.2) is 27.6 Å². The van der Waals surface area contributed by atoms with Gasteiger partial charge in [-0.3, -0.25) is 0 Å². The van der Waals surface area contributed by atoms with E-state index < -0.39 is 0 Å². The van der Waals surface area contributed by atoms with Crippen molar-refractivity contribution in [1.29, 1.82) is 0 Å². The fourth-order valence-corrected chi connectivity index (χ4v) is 3.25. The highest BCUT2D eigenvalue weighted by Crippen LogP contribution is 2.28. The molecule has 0 amide bonds. The number of aryl methyl sites for hydroxylation is 1. The lowest BCUT2D eigenvalue weighted by Crippen LogP contribution is -2.25. The van der Waals surface area contributed by atoms with Crippen LogP contribution in [-0.2, 0) is 6.54 Å². The summed E-state index contributed by atoms with van der Waals surface area (Å²) in [5, 5.41) is 5.70. The Morgan fingerprint density at radius 3 is 2.94 bits per heavy atom. The highest BCUT2D eigenvalue weighted by molar-refractivity contribution is 9.11. The van der Waals surface area contributed by atoms with Crippen LogP contribution in [0, 0.1) is 0 Å². The van der Waals surface area contributed by atoms with E-state index in [9.17, 15) is 0 Å². The van der Waals surface area contributed by atoms with Crippen LogP contribution in [0.4, 0.5) is 0 Å². The molecule has 2 aromatic heterocycles. The van der Waals surface area contributed by atoms with Crippen molar-refractivity contribution in [3.8, 4) is 0 Å². The zero-order valence-electron chi connectivity index (χ0n) is 10.7. The van der Waals surface area contributed by atoms with Gasteiger partial charge in [0, 0.05) is 18.9 Å². The molecule has 2 rings (SSSR count). The van der Waals surface area contributed by atoms with Crippen molar-refractivity contribution < 1.29 is 0 Å². The molecule has 0 radical (unpaired) electrons. The van der Waals surface area contributed by atoms with Gasteiger partial charge in [0.05, 0.1) is 9.83 Å². The second-order valence-electron chi connectivity index (χ2n) is 4.15. The third-order valence-corrected chi connectivity index (χ3v) is 4.32. The van der Waals surface area contributed by atoms with E-state index in [0.717, 1.165) is 29.1 Å². The molecule has 0 aliphatic heterocycles. The zero-order chi connectivity index (χ0) is 13.0. The molecule has 0 spiro atoms. The van der Waals surface area contributed by atoms with Crippen LogP contribution in [0.5, 0.6) is 0 Å². The topological polar surface area (TPSA) is 29.9 Å². The van der Waals surface area contributed by atoms with Gasteiger partial charge >= 0.3 is 0 Å². The number of thiophene rings is 1. The van der Waals surface area contributed by atoms with Gasteiger partial charge in [-0.25, -0.2) is 4.98 Å². The van der Waals surface area contributed by atoms with Gasteiger partial charge in [0.25, 0.3) is 0 Å². The minimum atomic E-state index is 0.180. The Kier molecular flexibility index (Phi) is 4.97. The van der Waals surface area contributed by atoms with Crippen LogP contribution < -0.4 is 5.32 Å². The second-order valence-corrected chi connectivity index (χ2v) is 6.44. The van der Waals surface area contributed by atoms with Gasteiger partial charge in [-0.2, -0.15) is 0 Å². The Balaban J connectivity index is 2.31. The molecule has 1 N–H and O–H groups in total. The van der Waals surface area contributed by atoms with Gasteiger partial charge in [-0.1, -0.05) is 13.8 Å². The monoisotopic (exact) mass is 327 g/mol. The van der Waals surface area contributed by atoms with Crippen LogP contribution in [0.25, 0.3) is 0 Å². The molecule has 0 saturated heterocycles. The number of aromatic nitrogens is 2. The summed E-state index contributed by atoms with van der Waals surface area (Å²) in [6, 6.07) is 2.35. The summed E-state index contributed by atoms with van der Waals surface area (Å²) < 4.78 is 3.40. The zero-order valence-corrected chi connectivity index (χ0v) is 13.1. The Hall–Kier alpha value is -0.650. The second kappa shape index (κ2) is 6.50. The Bertz CT molecular complexity index is 492. The van der Waals surface area contributed by atoms with Crippen molar-refractivity contribution >= 4 is 27.3 Å². The minimum absolute atomic E-state index is 0.180. The lowest BCUT2D eigenvalue weighted by molar-refractivity contribution is 0.545. The Morgan fingerprint density at radius 1 is 1.50 bits per heavy atom. The number of rotatable bonds is 6. The van der Waals surface area contributed by atoms with Gasteiger partial charge in [0.15, 0.2) is 0 Å². The van der Waals surface area contributed by atoms with Crippen LogP contribution in [-0.4, -0.2) is 16.1 Å². The van der Waals surface area contributed by atoms with E-state index in [4.69, 9.17) is 0 Å². The molecule has 0 fully saturated rings. The number of nitrogens with zero attached hydrogens (tertiary/aromatic N) is 2. The summed E-state index contributed by atoms with van der Waals surface area (Å²) in [5.41, 5.74) is 1.28. The predicted molar refractivity (Wildman–Crippen MR) is 80.1 cm³/mol. The molecule has 0 aliphatic rings. The molecule has 0 saturated carbocycles. The first-order valence-electron chi connectivity index (χ1n) is 6.24. The third-order valence-electron chi connectivity index (χ3n) is 2.80. The van der Waals surface area contributed by atoms with Gasteiger partial charge in [-0.05, 0) is 45.9 Å². The fourth-order valence-electron chi connectivity index (χ4n) is 2.05. The molecular formula is C13H18BrN3S. The first-order valence-corrected chi connectivity index (χ1v) is 7.91. The quantitative estimate of drug-likeness (QED) is 0.874. The summed E-state index contributed by atoms with van der Waals surface area (Å²) in [6.07, 6.45) is 5.07. The predicted octanol–water partition coefficient (Wildman–Crippen LogP) is 3.82. The summed E-state index contributed by atoms with van der Waals surface area (Å²) in [4.78, 5) is 4.53. The standard InChI is InChI=1S/C13H18BrN3S/c1-3-6-17-7-5-16-13(17)12(15-4-2)10-8-11(14)18-9-10/h5,7-9,12,15H,3-4,6H2,1-2H3. The molecule has 2 aromatic rings. The van der Waals surface area contributed by atoms with E-state index in [1.165, 1.54) is 5.56 Å². The molecule has 2 heterocycles. The fraction of sp³-hybridized carbons (Fsp3) is 0.462. The van der Waals surface area contributed by atoms with Crippen LogP contribution >= 0.6 is 27.3 Å². The van der Waals surface area contributed by atoms with E-state index in [1.54, 1.807) is 11.3 Å². The van der Waals surface area contributed by atoms with E-state index in [2.05, 4.69) is 62.3 Å². The maximum Gasteiger partial charge on any atom is 0.130 e. The van der Waals surface area contributed by atoms with Crippen molar-refractivity contribution in [2.75, 3.05) is 6.54 Å². The van der Waals surface area contributed by atoms with Gasteiger partial charge in [0.1, 0.15) is 5.82 Å². The number of nitrogens with one attached hydrogen (secondary N) is 1. The maximum absolute atomic E-state index is 4.53. The lowest BCUT2D eigenvalue weighted by atomic mass is 10.1. The molecule has 98 valence electrons. The summed E-state index contributed by atoms with van der Waals surface area (Å²) in [5.74, 6) is 1.10. The van der Waals surface area contributed by atoms with Crippen molar-refractivity contribution in [3.05, 3.63) is 39.0 Å². The molecule has 1 atom stereocenters. The third kappa shape index (κ3) is 3.02. The van der Waals surface area contributed by atoms with Gasteiger partial charge in [-0.15, -0.1) is 11.3 Å². The molecule has 5 heteroatoms. The largest absolute Gasteiger partial charge is 0.333 e. The maximum atomic E-state index is 4.53. The average Bonchev–Trinajstić information content (AvgIpc) is 2.96. The van der Waals surface area contributed by atoms with E-state index >= 15 is 0 Å². The smallest absolute Gasteiger partial charge is 0.130 e. The van der Waals surface area contributed by atoms with E-state index in [0.29, 0.717) is 0 Å². The van der Waals surface area contributed by atoms with Crippen LogP contribution in [0.3, 0.4) is 0 Å². The van der Waals surface area contributed by atoms with E-state index in [-0.39, 0.29) is 6.04 Å². The van der Waals surface area contributed by atoms with Crippen molar-refractivity contribution in [2.45, 2.75) is 32.9 Å². The SMILES string of the molecule is CCCn1ccnc1C(NCC)c1csc(Br)c1. The van der Waals surface area contributed by atoms with Gasteiger partial charge in [0.2, 0.25) is 0 Å². The highest BCUT2D eigenvalue weighted by atomic mass is 79.9. The average molecular weight is 328 g/mol. The lowest BCUT2D eigenvalue weighted by Gasteiger charge is -2.18. The van der Waals surface area contributed by atoms with Crippen molar-refractivity contribution in [3.63, 3.8) is 0 Å². The summed E-state index contributed by atoms with van der Waals surface area (Å²) in [7, 11) is 0. The first kappa shape index (κ1) is 13.8. The highest BCUT2D eigenvalue weighted by Gasteiger charge is 2.19.